The first-order chi connectivity index (χ1) is 7.75. The summed E-state index contributed by atoms with van der Waals surface area (Å²) in [6, 6.07) is 6.78. The van der Waals surface area contributed by atoms with Gasteiger partial charge in [0.1, 0.15) is 0 Å². The van der Waals surface area contributed by atoms with E-state index in [0.717, 1.165) is 5.69 Å². The molecule has 0 saturated heterocycles. The number of hydrogen-bond acceptors (Lipinski definition) is 2. The summed E-state index contributed by atoms with van der Waals surface area (Å²) in [5, 5.41) is 0.620. The summed E-state index contributed by atoms with van der Waals surface area (Å²) < 4.78 is 0. The van der Waals surface area contributed by atoms with Gasteiger partial charge in [0.15, 0.2) is 5.78 Å². The lowest BCUT2D eigenvalue weighted by Crippen LogP contribution is -1.92. The molecule has 2 aromatic rings. The fourth-order valence-electron chi connectivity index (χ4n) is 1.23. The van der Waals surface area contributed by atoms with E-state index in [1.807, 2.05) is 0 Å². The van der Waals surface area contributed by atoms with Crippen LogP contribution in [0.5, 0.6) is 0 Å². The zero-order valence-electron chi connectivity index (χ0n) is 8.35. The van der Waals surface area contributed by atoms with Gasteiger partial charge in [0.2, 0.25) is 0 Å². The van der Waals surface area contributed by atoms with Gasteiger partial charge in [0, 0.05) is 10.6 Å². The van der Waals surface area contributed by atoms with Crippen LogP contribution in [0.15, 0.2) is 42.9 Å². The average Bonchev–Trinajstić information content (AvgIpc) is 2.80. The van der Waals surface area contributed by atoms with Crippen LogP contribution in [0.25, 0.3) is 6.08 Å². The maximum absolute atomic E-state index is 11.7. The number of aromatic amines is 1. The van der Waals surface area contributed by atoms with Gasteiger partial charge in [-0.1, -0.05) is 11.6 Å². The van der Waals surface area contributed by atoms with E-state index in [1.54, 1.807) is 42.9 Å². The molecule has 80 valence electrons. The summed E-state index contributed by atoms with van der Waals surface area (Å²) in [7, 11) is 0. The summed E-state index contributed by atoms with van der Waals surface area (Å²) in [6.07, 6.45) is 6.39. The van der Waals surface area contributed by atoms with Crippen LogP contribution >= 0.6 is 11.6 Å². The lowest BCUT2D eigenvalue weighted by molar-refractivity contribution is 0.104. The van der Waals surface area contributed by atoms with Crippen LogP contribution in [0.1, 0.15) is 16.1 Å². The number of allylic oxidation sites excluding steroid dienone is 1. The quantitative estimate of drug-likeness (QED) is 0.653. The van der Waals surface area contributed by atoms with Crippen molar-refractivity contribution in [1.29, 1.82) is 0 Å². The van der Waals surface area contributed by atoms with Crippen LogP contribution in [-0.2, 0) is 0 Å². The van der Waals surface area contributed by atoms with E-state index in [4.69, 9.17) is 11.6 Å². The van der Waals surface area contributed by atoms with E-state index in [1.165, 1.54) is 6.08 Å². The van der Waals surface area contributed by atoms with Crippen molar-refractivity contribution >= 4 is 23.5 Å². The lowest BCUT2D eigenvalue weighted by Gasteiger charge is -1.95. The Balaban J connectivity index is 2.11. The molecule has 1 N–H and O–H groups in total. The predicted molar refractivity (Wildman–Crippen MR) is 63.4 cm³/mol. The first-order valence-corrected chi connectivity index (χ1v) is 5.10. The largest absolute Gasteiger partial charge is 0.345 e. The summed E-state index contributed by atoms with van der Waals surface area (Å²) >= 11 is 5.73. The third-order valence-corrected chi connectivity index (χ3v) is 2.31. The number of hydrogen-bond donors (Lipinski definition) is 1. The Kier molecular flexibility index (Phi) is 3.17. The monoisotopic (exact) mass is 232 g/mol. The number of carbonyl (C=O) groups excluding carboxylic acids is 1. The third kappa shape index (κ3) is 2.58. The minimum absolute atomic E-state index is 0.0636. The Morgan fingerprint density at radius 1 is 1.31 bits per heavy atom. The standard InChI is InChI=1S/C12H9ClN2O/c13-10-3-1-9(2-4-10)12(16)6-5-11-7-14-8-15-11/h1-8H,(H,14,15)/b6-5+. The van der Waals surface area contributed by atoms with Crippen LogP contribution in [-0.4, -0.2) is 15.8 Å². The number of imidazole rings is 1. The highest BCUT2D eigenvalue weighted by Gasteiger charge is 2.00. The number of carbonyl (C=O) groups is 1. The summed E-state index contributed by atoms with van der Waals surface area (Å²) in [6.45, 7) is 0. The number of halogens is 1. The molecule has 0 aliphatic rings. The predicted octanol–water partition coefficient (Wildman–Crippen LogP) is 2.96. The molecular weight excluding hydrogens is 224 g/mol. The minimum Gasteiger partial charge on any atom is -0.345 e. The molecule has 4 heteroatoms. The zero-order chi connectivity index (χ0) is 11.4. The second-order valence-corrected chi connectivity index (χ2v) is 3.65. The molecule has 1 heterocycles. The number of H-pyrrole nitrogens is 1. The average molecular weight is 233 g/mol. The molecule has 16 heavy (non-hydrogen) atoms. The number of ketones is 1. The summed E-state index contributed by atoms with van der Waals surface area (Å²) in [4.78, 5) is 18.4. The molecule has 3 nitrogen and oxygen atoms in total. The van der Waals surface area contributed by atoms with Crippen molar-refractivity contribution in [3.8, 4) is 0 Å². The third-order valence-electron chi connectivity index (χ3n) is 2.06. The highest BCUT2D eigenvalue weighted by atomic mass is 35.5. The second-order valence-electron chi connectivity index (χ2n) is 3.21. The molecule has 0 unspecified atom stereocenters. The van der Waals surface area contributed by atoms with Gasteiger partial charge in [0.25, 0.3) is 0 Å². The maximum atomic E-state index is 11.7. The second kappa shape index (κ2) is 4.77. The Bertz CT molecular complexity index is 500. The lowest BCUT2D eigenvalue weighted by atomic mass is 10.1. The first kappa shape index (κ1) is 10.6. The molecule has 2 rings (SSSR count). The van der Waals surface area contributed by atoms with Crippen molar-refractivity contribution in [1.82, 2.24) is 9.97 Å². The zero-order valence-corrected chi connectivity index (χ0v) is 9.11. The minimum atomic E-state index is -0.0636. The van der Waals surface area contributed by atoms with Gasteiger partial charge >= 0.3 is 0 Å². The smallest absolute Gasteiger partial charge is 0.185 e. The number of benzene rings is 1. The van der Waals surface area contributed by atoms with Crippen LogP contribution in [0.2, 0.25) is 5.02 Å². The first-order valence-electron chi connectivity index (χ1n) is 4.72. The van der Waals surface area contributed by atoms with E-state index in [-0.39, 0.29) is 5.78 Å². The van der Waals surface area contributed by atoms with Crippen molar-refractivity contribution in [3.63, 3.8) is 0 Å². The van der Waals surface area contributed by atoms with Crippen molar-refractivity contribution < 1.29 is 4.79 Å². The van der Waals surface area contributed by atoms with Gasteiger partial charge < -0.3 is 4.98 Å². The molecule has 0 aliphatic carbocycles. The van der Waals surface area contributed by atoms with Crippen LogP contribution < -0.4 is 0 Å². The van der Waals surface area contributed by atoms with Crippen LogP contribution in [0, 0.1) is 0 Å². The van der Waals surface area contributed by atoms with Crippen LogP contribution in [0.3, 0.4) is 0 Å². The van der Waals surface area contributed by atoms with Gasteiger partial charge in [-0.2, -0.15) is 0 Å². The molecule has 0 aliphatic heterocycles. The summed E-state index contributed by atoms with van der Waals surface area (Å²) in [5.74, 6) is -0.0636. The number of nitrogens with zero attached hydrogens (tertiary/aromatic N) is 1. The van der Waals surface area contributed by atoms with Crippen molar-refractivity contribution in [2.45, 2.75) is 0 Å². The highest BCUT2D eigenvalue weighted by Crippen LogP contribution is 2.10. The molecule has 0 fully saturated rings. The van der Waals surface area contributed by atoms with Gasteiger partial charge in [0.05, 0.1) is 18.2 Å². The normalized spacial score (nSPS) is 10.8. The number of nitrogens with one attached hydrogen (secondary N) is 1. The molecular formula is C12H9ClN2O. The van der Waals surface area contributed by atoms with E-state index in [9.17, 15) is 4.79 Å². The Hall–Kier alpha value is -1.87. The molecule has 0 amide bonds. The fraction of sp³-hybridized carbons (Fsp3) is 0. The Morgan fingerprint density at radius 2 is 2.06 bits per heavy atom. The molecule has 0 atom stereocenters. The van der Waals surface area contributed by atoms with Crippen molar-refractivity contribution in [2.24, 2.45) is 0 Å². The Morgan fingerprint density at radius 3 is 2.69 bits per heavy atom. The summed E-state index contributed by atoms with van der Waals surface area (Å²) in [5.41, 5.74) is 1.41. The van der Waals surface area contributed by atoms with Gasteiger partial charge in [-0.3, -0.25) is 4.79 Å². The Labute approximate surface area is 97.8 Å². The van der Waals surface area contributed by atoms with Crippen molar-refractivity contribution in [2.75, 3.05) is 0 Å². The number of rotatable bonds is 3. The molecule has 0 radical (unpaired) electrons. The molecule has 0 spiro atoms. The molecule has 0 saturated carbocycles. The van der Waals surface area contributed by atoms with Crippen molar-refractivity contribution in [3.05, 3.63) is 59.1 Å². The van der Waals surface area contributed by atoms with Crippen LogP contribution in [0.4, 0.5) is 0 Å². The number of aromatic nitrogens is 2. The SMILES string of the molecule is O=C(/C=C/c1cnc[nH]1)c1ccc(Cl)cc1. The topological polar surface area (TPSA) is 45.8 Å². The molecule has 1 aromatic heterocycles. The van der Waals surface area contributed by atoms with Gasteiger partial charge in [-0.15, -0.1) is 0 Å². The van der Waals surface area contributed by atoms with E-state index < -0.39 is 0 Å². The fourth-order valence-corrected chi connectivity index (χ4v) is 1.36. The van der Waals surface area contributed by atoms with E-state index in [0.29, 0.717) is 10.6 Å². The van der Waals surface area contributed by atoms with E-state index >= 15 is 0 Å². The highest BCUT2D eigenvalue weighted by molar-refractivity contribution is 6.30. The van der Waals surface area contributed by atoms with Gasteiger partial charge in [-0.25, -0.2) is 4.98 Å². The molecule has 0 bridgehead atoms. The maximum Gasteiger partial charge on any atom is 0.185 e. The van der Waals surface area contributed by atoms with Gasteiger partial charge in [-0.05, 0) is 36.4 Å². The molecule has 1 aromatic carbocycles. The van der Waals surface area contributed by atoms with E-state index in [2.05, 4.69) is 9.97 Å².